The summed E-state index contributed by atoms with van der Waals surface area (Å²) in [5.74, 6) is 0.166. The van der Waals surface area contributed by atoms with Crippen LogP contribution in [0.2, 0.25) is 0 Å². The topological polar surface area (TPSA) is 40.6 Å². The monoisotopic (exact) mass is 392 g/mol. The van der Waals surface area contributed by atoms with E-state index in [9.17, 15) is 9.59 Å². The zero-order valence-electron chi connectivity index (χ0n) is 17.2. The second-order valence-corrected chi connectivity index (χ2v) is 7.76. The number of hydrogen-bond acceptors (Lipinski definition) is 2. The average molecular weight is 393 g/mol. The molecule has 2 amide bonds. The molecule has 0 radical (unpaired) electrons. The van der Waals surface area contributed by atoms with Gasteiger partial charge < -0.3 is 9.80 Å². The normalized spacial score (nSPS) is 12.8. The molecule has 0 atom stereocenters. The summed E-state index contributed by atoms with van der Waals surface area (Å²) < 4.78 is 0. The van der Waals surface area contributed by atoms with Crippen molar-refractivity contribution in [3.05, 3.63) is 75.9 Å². The van der Waals surface area contributed by atoms with E-state index in [4.69, 9.17) is 0 Å². The number of benzene rings is 2. The Morgan fingerprint density at radius 2 is 1.31 bits per heavy atom. The summed E-state index contributed by atoms with van der Waals surface area (Å²) in [5.41, 5.74) is 6.85. The van der Waals surface area contributed by atoms with Gasteiger partial charge >= 0.3 is 0 Å². The van der Waals surface area contributed by atoms with Crippen LogP contribution in [0, 0.1) is 0 Å². The van der Waals surface area contributed by atoms with Crippen molar-refractivity contribution in [2.75, 3.05) is 28.2 Å². The molecule has 0 aliphatic heterocycles. The highest BCUT2D eigenvalue weighted by Crippen LogP contribution is 2.23. The van der Waals surface area contributed by atoms with Crippen molar-refractivity contribution in [2.24, 2.45) is 0 Å². The minimum Gasteiger partial charge on any atom is -0.345 e. The number of aryl methyl sites for hydroxylation is 2. The summed E-state index contributed by atoms with van der Waals surface area (Å²) in [6.45, 7) is 0. The number of hydrogen-bond donors (Lipinski definition) is 0. The van der Waals surface area contributed by atoms with Gasteiger partial charge in [-0.1, -0.05) is 31.7 Å². The van der Waals surface area contributed by atoms with Crippen molar-refractivity contribution < 1.29 is 9.59 Å². The van der Waals surface area contributed by atoms with Crippen LogP contribution in [0.25, 0.3) is 6.08 Å². The number of carbonyl (C=O) groups excluding carboxylic acids is 2. The molecule has 2 aromatic rings. The predicted octanol–water partition coefficient (Wildman–Crippen LogP) is 4.47. The lowest BCUT2D eigenvalue weighted by Crippen LogP contribution is -2.21. The molecule has 0 aromatic heterocycles. The van der Waals surface area contributed by atoms with Gasteiger partial charge in [-0.3, -0.25) is 9.59 Å². The summed E-state index contributed by atoms with van der Waals surface area (Å²) in [7, 11) is 7.12. The lowest BCUT2D eigenvalue weighted by atomic mass is 10.1. The Bertz CT molecular complexity index is 899. The first-order valence-corrected chi connectivity index (χ1v) is 9.71. The summed E-state index contributed by atoms with van der Waals surface area (Å²) in [4.78, 5) is 26.5. The summed E-state index contributed by atoms with van der Waals surface area (Å²) in [6.07, 6.45) is 8.70. The molecule has 0 saturated heterocycles. The van der Waals surface area contributed by atoms with Crippen LogP contribution >= 0.6 is 0 Å². The maximum atomic E-state index is 11.7. The van der Waals surface area contributed by atoms with E-state index in [0.29, 0.717) is 0 Å². The lowest BCUT2D eigenvalue weighted by Gasteiger charge is -2.11. The SMILES string of the molecule is C.CN(C)C(=O)c1ccc2c(c1)CC=C2.CN(C)C(=O)c1ccc2c(c1)CCC2. The first-order valence-electron chi connectivity index (χ1n) is 9.71. The molecule has 0 unspecified atom stereocenters. The van der Waals surface area contributed by atoms with Crippen LogP contribution in [0.1, 0.15) is 56.8 Å². The summed E-state index contributed by atoms with van der Waals surface area (Å²) in [5, 5.41) is 0. The number of nitrogens with zero attached hydrogens (tertiary/aromatic N) is 2. The van der Waals surface area contributed by atoms with E-state index < -0.39 is 0 Å². The highest BCUT2D eigenvalue weighted by atomic mass is 16.2. The third-order valence-electron chi connectivity index (χ3n) is 5.18. The van der Waals surface area contributed by atoms with E-state index in [2.05, 4.69) is 18.2 Å². The van der Waals surface area contributed by atoms with Crippen LogP contribution in [0.4, 0.5) is 0 Å². The van der Waals surface area contributed by atoms with E-state index in [1.165, 1.54) is 35.1 Å². The van der Waals surface area contributed by atoms with Crippen molar-refractivity contribution >= 4 is 17.9 Å². The van der Waals surface area contributed by atoms with Crippen molar-refractivity contribution in [2.45, 2.75) is 33.1 Å². The standard InChI is InChI=1S/C12H15NO.C12H13NO.CH4/c2*1-13(2)12(14)11-7-6-9-4-3-5-10(9)8-11;/h6-8H,3-5H2,1-2H3;3-4,6-8H,5H2,1-2H3;1H4. The number of rotatable bonds is 2. The fourth-order valence-electron chi connectivity index (χ4n) is 3.61. The molecule has 154 valence electrons. The second kappa shape index (κ2) is 9.55. The number of carbonyl (C=O) groups is 2. The van der Waals surface area contributed by atoms with Crippen molar-refractivity contribution in [3.63, 3.8) is 0 Å². The average Bonchev–Trinajstić information content (AvgIpc) is 3.34. The number of amides is 2. The lowest BCUT2D eigenvalue weighted by molar-refractivity contribution is 0.0820. The first kappa shape index (κ1) is 22.4. The number of fused-ring (bicyclic) bond motifs is 2. The Morgan fingerprint density at radius 1 is 0.759 bits per heavy atom. The highest BCUT2D eigenvalue weighted by molar-refractivity contribution is 5.95. The van der Waals surface area contributed by atoms with Gasteiger partial charge in [0.05, 0.1) is 0 Å². The van der Waals surface area contributed by atoms with Gasteiger partial charge in [0.1, 0.15) is 0 Å². The molecule has 0 spiro atoms. The first-order chi connectivity index (χ1) is 13.4. The molecule has 0 fully saturated rings. The smallest absolute Gasteiger partial charge is 0.253 e. The maximum absolute atomic E-state index is 11.7. The van der Waals surface area contributed by atoms with Gasteiger partial charge in [0.25, 0.3) is 11.8 Å². The minimum absolute atomic E-state index is 0. The van der Waals surface area contributed by atoms with Gasteiger partial charge in [-0.15, -0.1) is 0 Å². The molecule has 0 heterocycles. The van der Waals surface area contributed by atoms with Crippen LogP contribution in [-0.2, 0) is 19.3 Å². The third-order valence-corrected chi connectivity index (χ3v) is 5.18. The van der Waals surface area contributed by atoms with E-state index in [1.54, 1.807) is 38.0 Å². The van der Waals surface area contributed by atoms with Gasteiger partial charge in [0, 0.05) is 39.3 Å². The molecule has 0 N–H and O–H groups in total. The Morgan fingerprint density at radius 3 is 1.93 bits per heavy atom. The van der Waals surface area contributed by atoms with Crippen LogP contribution in [0.15, 0.2) is 42.5 Å². The molecule has 4 nitrogen and oxygen atoms in total. The molecular formula is C25H32N2O2. The largest absolute Gasteiger partial charge is 0.345 e. The van der Waals surface area contributed by atoms with Gasteiger partial charge in [-0.2, -0.15) is 0 Å². The van der Waals surface area contributed by atoms with Gasteiger partial charge in [0.2, 0.25) is 0 Å². The van der Waals surface area contributed by atoms with Crippen LogP contribution < -0.4 is 0 Å². The quantitative estimate of drug-likeness (QED) is 0.756. The van der Waals surface area contributed by atoms with Crippen LogP contribution in [0.3, 0.4) is 0 Å². The van der Waals surface area contributed by atoms with E-state index in [0.717, 1.165) is 24.0 Å². The van der Waals surface area contributed by atoms with E-state index >= 15 is 0 Å². The Balaban J connectivity index is 0.000000200. The fourth-order valence-corrected chi connectivity index (χ4v) is 3.61. The molecule has 2 aliphatic carbocycles. The zero-order valence-corrected chi connectivity index (χ0v) is 17.2. The Labute approximate surface area is 174 Å². The number of allylic oxidation sites excluding steroid dienone is 1. The molecule has 2 aromatic carbocycles. The van der Waals surface area contributed by atoms with Crippen molar-refractivity contribution in [1.29, 1.82) is 0 Å². The van der Waals surface area contributed by atoms with Crippen molar-refractivity contribution in [1.82, 2.24) is 9.80 Å². The maximum Gasteiger partial charge on any atom is 0.253 e. The molecular weight excluding hydrogens is 360 g/mol. The van der Waals surface area contributed by atoms with Crippen molar-refractivity contribution in [3.8, 4) is 0 Å². The molecule has 4 rings (SSSR count). The molecule has 29 heavy (non-hydrogen) atoms. The second-order valence-electron chi connectivity index (χ2n) is 7.76. The van der Waals surface area contributed by atoms with Gasteiger partial charge in [-0.05, 0) is 72.2 Å². The predicted molar refractivity (Wildman–Crippen MR) is 120 cm³/mol. The molecule has 0 bridgehead atoms. The third kappa shape index (κ3) is 5.14. The Kier molecular flexibility index (Phi) is 7.38. The Hall–Kier alpha value is -2.88. The van der Waals surface area contributed by atoms with Gasteiger partial charge in [-0.25, -0.2) is 0 Å². The molecule has 2 aliphatic rings. The summed E-state index contributed by atoms with van der Waals surface area (Å²) >= 11 is 0. The summed E-state index contributed by atoms with van der Waals surface area (Å²) in [6, 6.07) is 12.0. The highest BCUT2D eigenvalue weighted by Gasteiger charge is 2.14. The minimum atomic E-state index is 0. The van der Waals surface area contributed by atoms with Gasteiger partial charge in [0.15, 0.2) is 0 Å². The molecule has 0 saturated carbocycles. The fraction of sp³-hybridized carbons (Fsp3) is 0.360. The molecule has 4 heteroatoms. The van der Waals surface area contributed by atoms with Crippen LogP contribution in [-0.4, -0.2) is 49.8 Å². The zero-order chi connectivity index (χ0) is 20.3. The van der Waals surface area contributed by atoms with E-state index in [-0.39, 0.29) is 19.2 Å². The van der Waals surface area contributed by atoms with E-state index in [1.807, 2.05) is 30.3 Å². The van der Waals surface area contributed by atoms with Crippen LogP contribution in [0.5, 0.6) is 0 Å².